The zero-order chi connectivity index (χ0) is 12.1. The van der Waals surface area contributed by atoms with E-state index < -0.39 is 0 Å². The van der Waals surface area contributed by atoms with E-state index in [9.17, 15) is 0 Å². The fourth-order valence-corrected chi connectivity index (χ4v) is 2.24. The van der Waals surface area contributed by atoms with Crippen molar-refractivity contribution < 1.29 is 0 Å². The smallest absolute Gasteiger partial charge is 0.192 e. The van der Waals surface area contributed by atoms with E-state index in [2.05, 4.69) is 29.0 Å². The largest absolute Gasteiger partial charge is 0.330 e. The maximum absolute atomic E-state index is 5.48. The Labute approximate surface area is 105 Å². The van der Waals surface area contributed by atoms with E-state index in [4.69, 9.17) is 5.73 Å². The molecule has 1 aromatic carbocycles. The number of hydrogen-bond acceptors (Lipinski definition) is 4. The molecule has 0 aliphatic heterocycles. The molecule has 0 saturated heterocycles. The van der Waals surface area contributed by atoms with Crippen molar-refractivity contribution >= 4 is 11.8 Å². The second-order valence-corrected chi connectivity index (χ2v) is 4.79. The SMILES string of the molecule is Cc1ccccc1Sc1ncc(CCN)cn1. The molecular weight excluding hydrogens is 230 g/mol. The van der Waals surface area contributed by atoms with E-state index in [-0.39, 0.29) is 0 Å². The lowest BCUT2D eigenvalue weighted by molar-refractivity contribution is 0.890. The number of benzene rings is 1. The van der Waals surface area contributed by atoms with Crippen molar-refractivity contribution in [2.45, 2.75) is 23.4 Å². The van der Waals surface area contributed by atoms with Gasteiger partial charge in [0.2, 0.25) is 0 Å². The number of nitrogens with zero attached hydrogens (tertiary/aromatic N) is 2. The summed E-state index contributed by atoms with van der Waals surface area (Å²) in [5.74, 6) is 0. The summed E-state index contributed by atoms with van der Waals surface area (Å²) in [6.07, 6.45) is 4.52. The normalized spacial score (nSPS) is 10.5. The van der Waals surface area contributed by atoms with Crippen molar-refractivity contribution in [1.29, 1.82) is 0 Å². The summed E-state index contributed by atoms with van der Waals surface area (Å²) in [6, 6.07) is 8.23. The lowest BCUT2D eigenvalue weighted by Gasteiger charge is -2.04. The van der Waals surface area contributed by atoms with Crippen LogP contribution in [0.25, 0.3) is 0 Å². The Balaban J connectivity index is 2.11. The summed E-state index contributed by atoms with van der Waals surface area (Å²) in [4.78, 5) is 9.85. The van der Waals surface area contributed by atoms with Crippen molar-refractivity contribution in [1.82, 2.24) is 9.97 Å². The highest BCUT2D eigenvalue weighted by molar-refractivity contribution is 7.99. The quantitative estimate of drug-likeness (QED) is 0.841. The number of nitrogens with two attached hydrogens (primary N) is 1. The molecule has 0 amide bonds. The molecule has 1 aromatic heterocycles. The summed E-state index contributed by atoms with van der Waals surface area (Å²) in [6.45, 7) is 2.72. The van der Waals surface area contributed by atoms with Gasteiger partial charge in [-0.05, 0) is 48.8 Å². The monoisotopic (exact) mass is 245 g/mol. The topological polar surface area (TPSA) is 51.8 Å². The Morgan fingerprint density at radius 1 is 1.18 bits per heavy atom. The maximum atomic E-state index is 5.48. The van der Waals surface area contributed by atoms with Gasteiger partial charge in [-0.15, -0.1) is 0 Å². The first-order valence-corrected chi connectivity index (χ1v) is 6.35. The highest BCUT2D eigenvalue weighted by Crippen LogP contribution is 2.26. The van der Waals surface area contributed by atoms with Crippen molar-refractivity contribution in [3.63, 3.8) is 0 Å². The second-order valence-electron chi connectivity index (χ2n) is 3.78. The third-order valence-corrected chi connectivity index (χ3v) is 3.48. The predicted octanol–water partition coefficient (Wildman–Crippen LogP) is 2.44. The molecule has 4 heteroatoms. The fraction of sp³-hybridized carbons (Fsp3) is 0.231. The van der Waals surface area contributed by atoms with Crippen LogP contribution in [-0.4, -0.2) is 16.5 Å². The van der Waals surface area contributed by atoms with Gasteiger partial charge in [-0.1, -0.05) is 18.2 Å². The molecule has 0 radical (unpaired) electrons. The zero-order valence-corrected chi connectivity index (χ0v) is 10.6. The number of rotatable bonds is 4. The van der Waals surface area contributed by atoms with Crippen molar-refractivity contribution in [2.75, 3.05) is 6.54 Å². The number of hydrogen-bond donors (Lipinski definition) is 1. The standard InChI is InChI=1S/C13H15N3S/c1-10-4-2-3-5-12(10)17-13-15-8-11(6-7-14)9-16-13/h2-5,8-9H,6-7,14H2,1H3. The van der Waals surface area contributed by atoms with Gasteiger partial charge in [0.25, 0.3) is 0 Å². The van der Waals surface area contributed by atoms with E-state index in [1.807, 2.05) is 24.5 Å². The van der Waals surface area contributed by atoms with Gasteiger partial charge in [0.1, 0.15) is 0 Å². The molecule has 1 heterocycles. The molecule has 88 valence electrons. The Morgan fingerprint density at radius 3 is 2.53 bits per heavy atom. The number of aromatic nitrogens is 2. The molecule has 2 aromatic rings. The minimum Gasteiger partial charge on any atom is -0.330 e. The highest BCUT2D eigenvalue weighted by Gasteiger charge is 2.02. The van der Waals surface area contributed by atoms with Gasteiger partial charge >= 0.3 is 0 Å². The lowest BCUT2D eigenvalue weighted by Crippen LogP contribution is -2.03. The highest BCUT2D eigenvalue weighted by atomic mass is 32.2. The van der Waals surface area contributed by atoms with Gasteiger partial charge in [0.15, 0.2) is 5.16 Å². The Morgan fingerprint density at radius 2 is 1.88 bits per heavy atom. The minimum absolute atomic E-state index is 0.633. The van der Waals surface area contributed by atoms with Crippen molar-refractivity contribution in [3.8, 4) is 0 Å². The predicted molar refractivity (Wildman–Crippen MR) is 70.1 cm³/mol. The summed E-state index contributed by atoms with van der Waals surface area (Å²) >= 11 is 1.59. The van der Waals surface area contributed by atoms with Crippen LogP contribution in [0, 0.1) is 6.92 Å². The van der Waals surface area contributed by atoms with E-state index in [1.54, 1.807) is 11.8 Å². The van der Waals surface area contributed by atoms with Crippen LogP contribution < -0.4 is 5.73 Å². The second kappa shape index (κ2) is 5.80. The van der Waals surface area contributed by atoms with Crippen LogP contribution in [-0.2, 0) is 6.42 Å². The zero-order valence-electron chi connectivity index (χ0n) is 9.76. The molecule has 3 nitrogen and oxygen atoms in total. The minimum atomic E-state index is 0.633. The van der Waals surface area contributed by atoms with Gasteiger partial charge in [-0.2, -0.15) is 0 Å². The van der Waals surface area contributed by atoms with Crippen LogP contribution in [0.5, 0.6) is 0 Å². The van der Waals surface area contributed by atoms with E-state index in [0.29, 0.717) is 6.54 Å². The molecule has 0 aliphatic rings. The molecule has 0 saturated carbocycles. The molecule has 17 heavy (non-hydrogen) atoms. The van der Waals surface area contributed by atoms with E-state index >= 15 is 0 Å². The fourth-order valence-electron chi connectivity index (χ4n) is 1.46. The van der Waals surface area contributed by atoms with Gasteiger partial charge in [0.05, 0.1) is 0 Å². The van der Waals surface area contributed by atoms with Crippen LogP contribution in [0.15, 0.2) is 46.7 Å². The molecule has 0 atom stereocenters. The molecule has 2 N–H and O–H groups in total. The van der Waals surface area contributed by atoms with Crippen LogP contribution in [0.2, 0.25) is 0 Å². The number of aryl methyl sites for hydroxylation is 1. The molecule has 0 bridgehead atoms. The van der Waals surface area contributed by atoms with Crippen LogP contribution in [0.3, 0.4) is 0 Å². The third kappa shape index (κ3) is 3.28. The summed E-state index contributed by atoms with van der Waals surface area (Å²) in [5.41, 5.74) is 7.81. The summed E-state index contributed by atoms with van der Waals surface area (Å²) in [7, 11) is 0. The van der Waals surface area contributed by atoms with Gasteiger partial charge in [-0.25, -0.2) is 9.97 Å². The Hall–Kier alpha value is -1.39. The van der Waals surface area contributed by atoms with Gasteiger partial charge in [0, 0.05) is 17.3 Å². The lowest BCUT2D eigenvalue weighted by atomic mass is 10.2. The summed E-state index contributed by atoms with van der Waals surface area (Å²) < 4.78 is 0. The van der Waals surface area contributed by atoms with Crippen LogP contribution in [0.4, 0.5) is 0 Å². The third-order valence-electron chi connectivity index (χ3n) is 2.41. The first-order valence-electron chi connectivity index (χ1n) is 5.54. The average molecular weight is 245 g/mol. The van der Waals surface area contributed by atoms with Crippen LogP contribution in [0.1, 0.15) is 11.1 Å². The van der Waals surface area contributed by atoms with Crippen molar-refractivity contribution in [3.05, 3.63) is 47.8 Å². The summed E-state index contributed by atoms with van der Waals surface area (Å²) in [5, 5.41) is 0.778. The first kappa shape index (κ1) is 12.1. The van der Waals surface area contributed by atoms with Crippen LogP contribution >= 0.6 is 11.8 Å². The van der Waals surface area contributed by atoms with Gasteiger partial charge < -0.3 is 5.73 Å². The first-order chi connectivity index (χ1) is 8.29. The molecule has 2 rings (SSSR count). The Kier molecular flexibility index (Phi) is 4.12. The maximum Gasteiger partial charge on any atom is 0.192 e. The Bertz CT molecular complexity index is 482. The molecule has 0 aliphatic carbocycles. The average Bonchev–Trinajstić information content (AvgIpc) is 2.35. The van der Waals surface area contributed by atoms with Gasteiger partial charge in [-0.3, -0.25) is 0 Å². The molecule has 0 fully saturated rings. The molecule has 0 spiro atoms. The van der Waals surface area contributed by atoms with E-state index in [1.165, 1.54) is 10.5 Å². The molecular formula is C13H15N3S. The molecule has 0 unspecified atom stereocenters. The van der Waals surface area contributed by atoms with E-state index in [0.717, 1.165) is 17.1 Å². The van der Waals surface area contributed by atoms with Crippen molar-refractivity contribution in [2.24, 2.45) is 5.73 Å².